The zero-order valence-corrected chi connectivity index (χ0v) is 12.3. The Morgan fingerprint density at radius 2 is 2.11 bits per heavy atom. The van der Waals surface area contributed by atoms with Gasteiger partial charge in [0, 0.05) is 12.6 Å². The predicted octanol–water partition coefficient (Wildman–Crippen LogP) is 3.97. The fourth-order valence-corrected chi connectivity index (χ4v) is 2.57. The highest BCUT2D eigenvalue weighted by atomic mass is 32.1. The summed E-state index contributed by atoms with van der Waals surface area (Å²) in [6, 6.07) is 3.37. The Morgan fingerprint density at radius 3 is 2.68 bits per heavy atom. The lowest BCUT2D eigenvalue weighted by Gasteiger charge is -2.19. The van der Waals surface area contributed by atoms with Crippen LogP contribution in [0.25, 0.3) is 10.2 Å². The highest BCUT2D eigenvalue weighted by Gasteiger charge is 2.19. The first-order valence-electron chi connectivity index (χ1n) is 6.06. The summed E-state index contributed by atoms with van der Waals surface area (Å²) >= 11 is 1.47. The average molecular weight is 279 g/mol. The lowest BCUT2D eigenvalue weighted by molar-refractivity contribution is -0.383. The van der Waals surface area contributed by atoms with Crippen LogP contribution in [0.3, 0.4) is 0 Å². The maximum absolute atomic E-state index is 11.1. The maximum atomic E-state index is 11.1. The SMILES string of the molecule is Cc1nc2cc(NCC(C)(C)C)c([N+](=O)[O-])cc2s1. The van der Waals surface area contributed by atoms with Gasteiger partial charge in [-0.2, -0.15) is 0 Å². The van der Waals surface area contributed by atoms with Gasteiger partial charge in [0.2, 0.25) is 0 Å². The van der Waals surface area contributed by atoms with Gasteiger partial charge in [-0.05, 0) is 18.4 Å². The van der Waals surface area contributed by atoms with Crippen molar-refractivity contribution in [3.8, 4) is 0 Å². The largest absolute Gasteiger partial charge is 0.379 e. The van der Waals surface area contributed by atoms with Crippen LogP contribution in [-0.4, -0.2) is 16.5 Å². The van der Waals surface area contributed by atoms with Crippen molar-refractivity contribution >= 4 is 32.9 Å². The Balaban J connectivity index is 2.44. The van der Waals surface area contributed by atoms with Crippen LogP contribution in [0, 0.1) is 22.5 Å². The molecule has 0 spiro atoms. The van der Waals surface area contributed by atoms with Gasteiger partial charge in [-0.15, -0.1) is 11.3 Å². The molecule has 1 aromatic carbocycles. The molecule has 0 saturated heterocycles. The number of hydrogen-bond donors (Lipinski definition) is 1. The number of rotatable bonds is 3. The summed E-state index contributed by atoms with van der Waals surface area (Å²) in [4.78, 5) is 15.2. The molecule has 0 aliphatic carbocycles. The Kier molecular flexibility index (Phi) is 3.45. The fraction of sp³-hybridized carbons (Fsp3) is 0.462. The molecule has 2 aromatic rings. The molecule has 0 radical (unpaired) electrons. The minimum atomic E-state index is -0.348. The highest BCUT2D eigenvalue weighted by Crippen LogP contribution is 2.33. The molecular weight excluding hydrogens is 262 g/mol. The second kappa shape index (κ2) is 4.77. The van der Waals surface area contributed by atoms with Gasteiger partial charge in [0.05, 0.1) is 20.1 Å². The number of benzene rings is 1. The number of thiazole rings is 1. The Morgan fingerprint density at radius 1 is 1.42 bits per heavy atom. The van der Waals surface area contributed by atoms with Gasteiger partial charge in [-0.1, -0.05) is 20.8 Å². The van der Waals surface area contributed by atoms with E-state index in [0.29, 0.717) is 12.2 Å². The minimum Gasteiger partial charge on any atom is -0.379 e. The molecule has 0 fully saturated rings. The van der Waals surface area contributed by atoms with Crippen LogP contribution in [0.4, 0.5) is 11.4 Å². The number of hydrogen-bond acceptors (Lipinski definition) is 5. The summed E-state index contributed by atoms with van der Waals surface area (Å²) in [5.41, 5.74) is 1.52. The number of nitro benzene ring substituents is 1. The first-order valence-corrected chi connectivity index (χ1v) is 6.87. The normalized spacial score (nSPS) is 11.8. The second-order valence-corrected chi connectivity index (χ2v) is 6.98. The van der Waals surface area contributed by atoms with Crippen LogP contribution < -0.4 is 5.32 Å². The molecule has 102 valence electrons. The first kappa shape index (κ1) is 13.7. The van der Waals surface area contributed by atoms with E-state index in [1.54, 1.807) is 12.1 Å². The van der Waals surface area contributed by atoms with Crippen molar-refractivity contribution in [3.05, 3.63) is 27.3 Å². The van der Waals surface area contributed by atoms with Crippen molar-refractivity contribution in [1.82, 2.24) is 4.98 Å². The third-order valence-electron chi connectivity index (χ3n) is 2.62. The van der Waals surface area contributed by atoms with Gasteiger partial charge in [-0.25, -0.2) is 4.98 Å². The summed E-state index contributed by atoms with van der Waals surface area (Å²) < 4.78 is 0.852. The highest BCUT2D eigenvalue weighted by molar-refractivity contribution is 7.18. The van der Waals surface area contributed by atoms with Gasteiger partial charge < -0.3 is 5.32 Å². The number of aryl methyl sites for hydroxylation is 1. The molecule has 5 nitrogen and oxygen atoms in total. The topological polar surface area (TPSA) is 68.1 Å². The molecule has 2 rings (SSSR count). The van der Waals surface area contributed by atoms with Crippen molar-refractivity contribution in [1.29, 1.82) is 0 Å². The quantitative estimate of drug-likeness (QED) is 0.681. The smallest absolute Gasteiger partial charge is 0.293 e. The molecule has 0 aliphatic heterocycles. The first-order chi connectivity index (χ1) is 8.76. The summed E-state index contributed by atoms with van der Waals surface area (Å²) in [6.07, 6.45) is 0. The summed E-state index contributed by atoms with van der Waals surface area (Å²) in [5.74, 6) is 0. The summed E-state index contributed by atoms with van der Waals surface area (Å²) in [7, 11) is 0. The third-order valence-corrected chi connectivity index (χ3v) is 3.55. The molecule has 1 N–H and O–H groups in total. The van der Waals surface area contributed by atoms with E-state index in [1.807, 2.05) is 6.92 Å². The molecule has 0 aliphatic rings. The van der Waals surface area contributed by atoms with Crippen molar-refractivity contribution in [3.63, 3.8) is 0 Å². The fourth-order valence-electron chi connectivity index (χ4n) is 1.73. The van der Waals surface area contributed by atoms with E-state index in [0.717, 1.165) is 15.2 Å². The van der Waals surface area contributed by atoms with Gasteiger partial charge in [0.15, 0.2) is 0 Å². The lowest BCUT2D eigenvalue weighted by Crippen LogP contribution is -2.19. The molecule has 0 unspecified atom stereocenters. The predicted molar refractivity (Wildman–Crippen MR) is 79.0 cm³/mol. The Bertz CT molecular complexity index is 629. The van der Waals surface area contributed by atoms with Gasteiger partial charge in [-0.3, -0.25) is 10.1 Å². The van der Waals surface area contributed by atoms with E-state index in [4.69, 9.17) is 0 Å². The van der Waals surface area contributed by atoms with Crippen LogP contribution in [0.2, 0.25) is 0 Å². The van der Waals surface area contributed by atoms with Gasteiger partial charge >= 0.3 is 0 Å². The number of nitrogens with one attached hydrogen (secondary N) is 1. The molecule has 0 atom stereocenters. The zero-order chi connectivity index (χ0) is 14.2. The molecule has 19 heavy (non-hydrogen) atoms. The number of nitrogens with zero attached hydrogens (tertiary/aromatic N) is 2. The van der Waals surface area contributed by atoms with Crippen LogP contribution in [0.15, 0.2) is 12.1 Å². The molecule has 6 heteroatoms. The van der Waals surface area contributed by atoms with Crippen molar-refractivity contribution in [2.24, 2.45) is 5.41 Å². The van der Waals surface area contributed by atoms with E-state index < -0.39 is 0 Å². The minimum absolute atomic E-state index is 0.0564. The summed E-state index contributed by atoms with van der Waals surface area (Å²) in [5, 5.41) is 15.2. The van der Waals surface area contributed by atoms with Gasteiger partial charge in [0.1, 0.15) is 5.69 Å². The summed E-state index contributed by atoms with van der Waals surface area (Å²) in [6.45, 7) is 8.81. The van der Waals surface area contributed by atoms with E-state index in [1.165, 1.54) is 11.3 Å². The molecule has 0 bridgehead atoms. The van der Waals surface area contributed by atoms with Crippen LogP contribution in [0.1, 0.15) is 25.8 Å². The number of fused-ring (bicyclic) bond motifs is 1. The molecule has 0 saturated carbocycles. The Hall–Kier alpha value is -1.69. The average Bonchev–Trinajstić information content (AvgIpc) is 2.62. The van der Waals surface area contributed by atoms with Crippen LogP contribution >= 0.6 is 11.3 Å². The molecule has 1 aromatic heterocycles. The van der Waals surface area contributed by atoms with E-state index >= 15 is 0 Å². The van der Waals surface area contributed by atoms with E-state index in [9.17, 15) is 10.1 Å². The maximum Gasteiger partial charge on any atom is 0.293 e. The number of aromatic nitrogens is 1. The molecule has 1 heterocycles. The molecule has 0 amide bonds. The monoisotopic (exact) mass is 279 g/mol. The van der Waals surface area contributed by atoms with Crippen LogP contribution in [0.5, 0.6) is 0 Å². The van der Waals surface area contributed by atoms with Crippen molar-refractivity contribution < 1.29 is 4.92 Å². The standard InChI is InChI=1S/C13H17N3O2S/c1-8-15-10-5-9(14-7-13(2,3)4)11(16(17)18)6-12(10)19-8/h5-6,14H,7H2,1-4H3. The molecular formula is C13H17N3O2S. The van der Waals surface area contributed by atoms with Crippen LogP contribution in [-0.2, 0) is 0 Å². The second-order valence-electron chi connectivity index (χ2n) is 5.74. The number of anilines is 1. The zero-order valence-electron chi connectivity index (χ0n) is 11.5. The van der Waals surface area contributed by atoms with Gasteiger partial charge in [0.25, 0.3) is 5.69 Å². The lowest BCUT2D eigenvalue weighted by atomic mass is 9.97. The Labute approximate surface area is 115 Å². The van der Waals surface area contributed by atoms with E-state index in [-0.39, 0.29) is 16.0 Å². The van der Waals surface area contributed by atoms with Crippen molar-refractivity contribution in [2.75, 3.05) is 11.9 Å². The van der Waals surface area contributed by atoms with Crippen molar-refractivity contribution in [2.45, 2.75) is 27.7 Å². The third kappa shape index (κ3) is 3.20. The number of nitro groups is 1. The van der Waals surface area contributed by atoms with E-state index in [2.05, 4.69) is 31.1 Å².